The smallest absolute Gasteiger partial charge is 0.225 e. The second-order valence-corrected chi connectivity index (χ2v) is 5.74. The molecule has 2 rings (SSSR count). The van der Waals surface area contributed by atoms with E-state index in [-0.39, 0.29) is 24.0 Å². The van der Waals surface area contributed by atoms with E-state index in [0.717, 1.165) is 12.8 Å². The Morgan fingerprint density at radius 3 is 2.75 bits per heavy atom. The molecular formula is C12H22N2O2. The molecule has 3 N–H and O–H groups in total. The number of amides is 1. The monoisotopic (exact) mass is 226 g/mol. The van der Waals surface area contributed by atoms with Crippen molar-refractivity contribution in [3.8, 4) is 0 Å². The molecule has 92 valence electrons. The lowest BCUT2D eigenvalue weighted by Crippen LogP contribution is -2.48. The van der Waals surface area contributed by atoms with Crippen LogP contribution in [0.2, 0.25) is 0 Å². The van der Waals surface area contributed by atoms with Crippen molar-refractivity contribution in [2.45, 2.75) is 57.2 Å². The summed E-state index contributed by atoms with van der Waals surface area (Å²) < 4.78 is 0. The standard InChI is InChI=1S/C12H22N2O2/c1-12(2,5-6-15)14-11(16)9-7-8-3-4-10(9)13-8/h8-10,13,15H,3-7H2,1-2H3,(H,14,16). The maximum Gasteiger partial charge on any atom is 0.225 e. The SMILES string of the molecule is CC(C)(CCO)NC(=O)C1CC2CCC1N2. The van der Waals surface area contributed by atoms with E-state index in [2.05, 4.69) is 10.6 Å². The highest BCUT2D eigenvalue weighted by molar-refractivity contribution is 5.80. The van der Waals surface area contributed by atoms with E-state index in [1.54, 1.807) is 0 Å². The highest BCUT2D eigenvalue weighted by Crippen LogP contribution is 2.33. The number of aliphatic hydroxyl groups excluding tert-OH is 1. The molecule has 2 aliphatic heterocycles. The van der Waals surface area contributed by atoms with Gasteiger partial charge in [-0.05, 0) is 39.5 Å². The van der Waals surface area contributed by atoms with Gasteiger partial charge in [-0.3, -0.25) is 4.79 Å². The number of nitrogens with one attached hydrogen (secondary N) is 2. The zero-order valence-corrected chi connectivity index (χ0v) is 10.1. The summed E-state index contributed by atoms with van der Waals surface area (Å²) in [6, 6.07) is 0.941. The molecule has 0 radical (unpaired) electrons. The molecule has 1 amide bonds. The summed E-state index contributed by atoms with van der Waals surface area (Å²) in [6.07, 6.45) is 3.93. The Hall–Kier alpha value is -0.610. The minimum atomic E-state index is -0.298. The molecule has 2 saturated heterocycles. The van der Waals surface area contributed by atoms with E-state index in [9.17, 15) is 4.79 Å². The third-order valence-corrected chi connectivity index (χ3v) is 3.84. The van der Waals surface area contributed by atoms with Crippen molar-refractivity contribution >= 4 is 5.91 Å². The van der Waals surface area contributed by atoms with E-state index in [1.807, 2.05) is 13.8 Å². The van der Waals surface area contributed by atoms with Crippen LogP contribution in [0.25, 0.3) is 0 Å². The van der Waals surface area contributed by atoms with Crippen molar-refractivity contribution in [3.63, 3.8) is 0 Å². The first kappa shape index (κ1) is 11.9. The number of fused-ring (bicyclic) bond motifs is 2. The summed E-state index contributed by atoms with van der Waals surface area (Å²) in [7, 11) is 0. The van der Waals surface area contributed by atoms with Crippen LogP contribution in [0.1, 0.15) is 39.5 Å². The van der Waals surface area contributed by atoms with Crippen LogP contribution in [-0.4, -0.2) is 35.2 Å². The van der Waals surface area contributed by atoms with Crippen molar-refractivity contribution < 1.29 is 9.90 Å². The van der Waals surface area contributed by atoms with Crippen LogP contribution in [0.4, 0.5) is 0 Å². The van der Waals surface area contributed by atoms with Gasteiger partial charge in [-0.15, -0.1) is 0 Å². The molecule has 0 aromatic carbocycles. The number of carbonyl (C=O) groups is 1. The predicted octanol–water partition coefficient (Wildman–Crippen LogP) is 0.404. The highest BCUT2D eigenvalue weighted by Gasteiger charge is 2.43. The quantitative estimate of drug-likeness (QED) is 0.650. The molecule has 3 atom stereocenters. The van der Waals surface area contributed by atoms with Gasteiger partial charge in [0.25, 0.3) is 0 Å². The number of hydrogen-bond donors (Lipinski definition) is 3. The Morgan fingerprint density at radius 2 is 2.25 bits per heavy atom. The normalized spacial score (nSPS) is 33.1. The molecule has 16 heavy (non-hydrogen) atoms. The molecule has 0 aliphatic carbocycles. The fraction of sp³-hybridized carbons (Fsp3) is 0.917. The minimum absolute atomic E-state index is 0.113. The second kappa shape index (κ2) is 4.34. The number of carbonyl (C=O) groups excluding carboxylic acids is 1. The van der Waals surface area contributed by atoms with Gasteiger partial charge in [0.15, 0.2) is 0 Å². The number of aliphatic hydroxyl groups is 1. The molecular weight excluding hydrogens is 204 g/mol. The third kappa shape index (κ3) is 2.38. The Kier molecular flexibility index (Phi) is 3.22. The molecule has 0 spiro atoms. The summed E-state index contributed by atoms with van der Waals surface area (Å²) in [5.74, 6) is 0.287. The Balaban J connectivity index is 1.89. The van der Waals surface area contributed by atoms with Gasteiger partial charge in [-0.25, -0.2) is 0 Å². The van der Waals surface area contributed by atoms with Gasteiger partial charge in [0.1, 0.15) is 0 Å². The molecule has 3 unspecified atom stereocenters. The van der Waals surface area contributed by atoms with Crippen LogP contribution >= 0.6 is 0 Å². The first-order chi connectivity index (χ1) is 7.52. The zero-order chi connectivity index (χ0) is 11.8. The lowest BCUT2D eigenvalue weighted by molar-refractivity contribution is -0.127. The third-order valence-electron chi connectivity index (χ3n) is 3.84. The molecule has 0 aromatic heterocycles. The molecule has 0 aromatic rings. The van der Waals surface area contributed by atoms with Crippen molar-refractivity contribution in [1.82, 2.24) is 10.6 Å². The maximum absolute atomic E-state index is 12.1. The van der Waals surface area contributed by atoms with Crippen LogP contribution in [0.3, 0.4) is 0 Å². The number of rotatable bonds is 4. The van der Waals surface area contributed by atoms with Crippen LogP contribution < -0.4 is 10.6 Å². The molecule has 2 fully saturated rings. The Morgan fingerprint density at radius 1 is 1.50 bits per heavy atom. The summed E-state index contributed by atoms with van der Waals surface area (Å²) in [4.78, 5) is 12.1. The average molecular weight is 226 g/mol. The van der Waals surface area contributed by atoms with Gasteiger partial charge in [0, 0.05) is 24.2 Å². The molecule has 2 heterocycles. The van der Waals surface area contributed by atoms with Gasteiger partial charge < -0.3 is 15.7 Å². The average Bonchev–Trinajstić information content (AvgIpc) is 2.77. The van der Waals surface area contributed by atoms with Crippen LogP contribution in [-0.2, 0) is 4.79 Å². The Bertz CT molecular complexity index is 278. The zero-order valence-electron chi connectivity index (χ0n) is 10.1. The van der Waals surface area contributed by atoms with E-state index in [1.165, 1.54) is 6.42 Å². The lowest BCUT2D eigenvalue weighted by atomic mass is 9.87. The molecule has 2 aliphatic rings. The molecule has 4 heteroatoms. The van der Waals surface area contributed by atoms with Crippen LogP contribution in [0.15, 0.2) is 0 Å². The summed E-state index contributed by atoms with van der Waals surface area (Å²) in [6.45, 7) is 4.03. The first-order valence-corrected chi connectivity index (χ1v) is 6.21. The fourth-order valence-electron chi connectivity index (χ4n) is 2.88. The highest BCUT2D eigenvalue weighted by atomic mass is 16.3. The number of hydrogen-bond acceptors (Lipinski definition) is 3. The molecule has 4 nitrogen and oxygen atoms in total. The molecule has 2 bridgehead atoms. The summed E-state index contributed by atoms with van der Waals surface area (Å²) in [5.41, 5.74) is -0.298. The van der Waals surface area contributed by atoms with Crippen molar-refractivity contribution in [1.29, 1.82) is 0 Å². The van der Waals surface area contributed by atoms with Gasteiger partial charge in [-0.1, -0.05) is 0 Å². The summed E-state index contributed by atoms with van der Waals surface area (Å²) >= 11 is 0. The maximum atomic E-state index is 12.1. The van der Waals surface area contributed by atoms with Gasteiger partial charge in [-0.2, -0.15) is 0 Å². The van der Waals surface area contributed by atoms with Gasteiger partial charge >= 0.3 is 0 Å². The first-order valence-electron chi connectivity index (χ1n) is 6.21. The van der Waals surface area contributed by atoms with Gasteiger partial charge in [0.05, 0.1) is 5.92 Å². The van der Waals surface area contributed by atoms with Crippen LogP contribution in [0.5, 0.6) is 0 Å². The van der Waals surface area contributed by atoms with Gasteiger partial charge in [0.2, 0.25) is 5.91 Å². The predicted molar refractivity (Wildman–Crippen MR) is 62.0 cm³/mol. The van der Waals surface area contributed by atoms with E-state index in [4.69, 9.17) is 5.11 Å². The lowest BCUT2D eigenvalue weighted by Gasteiger charge is -2.29. The molecule has 0 saturated carbocycles. The topological polar surface area (TPSA) is 61.4 Å². The van der Waals surface area contributed by atoms with Crippen molar-refractivity contribution in [3.05, 3.63) is 0 Å². The van der Waals surface area contributed by atoms with E-state index >= 15 is 0 Å². The second-order valence-electron chi connectivity index (χ2n) is 5.74. The van der Waals surface area contributed by atoms with Crippen LogP contribution in [0, 0.1) is 5.92 Å². The van der Waals surface area contributed by atoms with Crippen molar-refractivity contribution in [2.24, 2.45) is 5.92 Å². The van der Waals surface area contributed by atoms with E-state index < -0.39 is 0 Å². The summed E-state index contributed by atoms with van der Waals surface area (Å²) in [5, 5.41) is 15.4. The minimum Gasteiger partial charge on any atom is -0.396 e. The largest absolute Gasteiger partial charge is 0.396 e. The van der Waals surface area contributed by atoms with Crippen molar-refractivity contribution in [2.75, 3.05) is 6.61 Å². The fourth-order valence-corrected chi connectivity index (χ4v) is 2.88. The Labute approximate surface area is 96.8 Å². The van der Waals surface area contributed by atoms with E-state index in [0.29, 0.717) is 18.5 Å².